The second-order valence-electron chi connectivity index (χ2n) is 5.28. The molecule has 0 aliphatic rings. The summed E-state index contributed by atoms with van der Waals surface area (Å²) in [5.74, 6) is 0.753. The number of nitro benzene ring substituents is 1. The van der Waals surface area contributed by atoms with Crippen molar-refractivity contribution in [1.82, 2.24) is 0 Å². The molecule has 6 heteroatoms. The van der Waals surface area contributed by atoms with Crippen molar-refractivity contribution in [2.24, 2.45) is 4.99 Å². The highest BCUT2D eigenvalue weighted by Crippen LogP contribution is 2.31. The van der Waals surface area contributed by atoms with E-state index in [1.165, 1.54) is 12.1 Å². The first-order chi connectivity index (χ1) is 12.1. The van der Waals surface area contributed by atoms with Crippen molar-refractivity contribution in [3.63, 3.8) is 0 Å². The molecule has 25 heavy (non-hydrogen) atoms. The van der Waals surface area contributed by atoms with Gasteiger partial charge in [-0.05, 0) is 45.8 Å². The van der Waals surface area contributed by atoms with Crippen molar-refractivity contribution in [1.29, 1.82) is 0 Å². The van der Waals surface area contributed by atoms with E-state index < -0.39 is 4.92 Å². The Bertz CT molecular complexity index is 970. The molecular formula is C19H15BrN2O3. The molecule has 0 amide bonds. The number of nitro groups is 1. The second kappa shape index (κ2) is 7.44. The van der Waals surface area contributed by atoms with Gasteiger partial charge in [0.25, 0.3) is 5.69 Å². The lowest BCUT2D eigenvalue weighted by atomic mass is 10.0. The van der Waals surface area contributed by atoms with E-state index in [1.54, 1.807) is 12.3 Å². The van der Waals surface area contributed by atoms with Gasteiger partial charge in [-0.2, -0.15) is 0 Å². The summed E-state index contributed by atoms with van der Waals surface area (Å²) in [4.78, 5) is 14.9. The van der Waals surface area contributed by atoms with Gasteiger partial charge in [-0.25, -0.2) is 0 Å². The highest BCUT2D eigenvalue weighted by Gasteiger charge is 2.10. The molecule has 3 aromatic carbocycles. The lowest BCUT2D eigenvalue weighted by Gasteiger charge is -2.10. The molecule has 0 heterocycles. The molecule has 0 aromatic heterocycles. The summed E-state index contributed by atoms with van der Waals surface area (Å²) in [5, 5.41) is 13.0. The number of fused-ring (bicyclic) bond motifs is 1. The molecule has 0 aliphatic carbocycles. The molecule has 0 fully saturated rings. The van der Waals surface area contributed by atoms with Gasteiger partial charge < -0.3 is 4.74 Å². The number of benzene rings is 3. The van der Waals surface area contributed by atoms with Crippen molar-refractivity contribution < 1.29 is 9.66 Å². The number of rotatable bonds is 5. The van der Waals surface area contributed by atoms with Gasteiger partial charge in [-0.15, -0.1) is 0 Å². The van der Waals surface area contributed by atoms with E-state index in [9.17, 15) is 10.1 Å². The molecule has 0 atom stereocenters. The van der Waals surface area contributed by atoms with Crippen molar-refractivity contribution in [3.05, 3.63) is 74.7 Å². The predicted octanol–water partition coefficient (Wildman–Crippen LogP) is 5.66. The highest BCUT2D eigenvalue weighted by atomic mass is 79.9. The van der Waals surface area contributed by atoms with Gasteiger partial charge in [0.15, 0.2) is 0 Å². The van der Waals surface area contributed by atoms with Crippen LogP contribution in [0.5, 0.6) is 5.75 Å². The minimum Gasteiger partial charge on any atom is -0.493 e. The summed E-state index contributed by atoms with van der Waals surface area (Å²) in [7, 11) is 0. The largest absolute Gasteiger partial charge is 0.493 e. The van der Waals surface area contributed by atoms with E-state index in [0.717, 1.165) is 22.1 Å². The molecular weight excluding hydrogens is 384 g/mol. The lowest BCUT2D eigenvalue weighted by molar-refractivity contribution is -0.384. The summed E-state index contributed by atoms with van der Waals surface area (Å²) in [6.45, 7) is 2.49. The zero-order valence-electron chi connectivity index (χ0n) is 13.5. The summed E-state index contributed by atoms with van der Waals surface area (Å²) >= 11 is 3.34. The number of nitrogens with zero attached hydrogens (tertiary/aromatic N) is 2. The first kappa shape index (κ1) is 17.1. The van der Waals surface area contributed by atoms with Crippen molar-refractivity contribution >= 4 is 44.3 Å². The van der Waals surface area contributed by atoms with Crippen LogP contribution in [0.15, 0.2) is 64.1 Å². The molecule has 0 unspecified atom stereocenters. The molecule has 0 saturated heterocycles. The molecule has 3 rings (SSSR count). The number of aliphatic imine (C=N–C) groups is 1. The fourth-order valence-corrected chi connectivity index (χ4v) is 3.01. The first-order valence-corrected chi connectivity index (χ1v) is 8.52. The molecule has 0 bridgehead atoms. The Morgan fingerprint density at radius 2 is 2.00 bits per heavy atom. The van der Waals surface area contributed by atoms with Crippen molar-refractivity contribution in [2.45, 2.75) is 6.92 Å². The molecule has 0 radical (unpaired) electrons. The maximum Gasteiger partial charge on any atom is 0.270 e. The van der Waals surface area contributed by atoms with Crippen LogP contribution in [0.3, 0.4) is 0 Å². The SMILES string of the molecule is CCOc1ccc2ccccc2c1/C=N/c1ccc([N+](=O)[O-])cc1Br. The van der Waals surface area contributed by atoms with Gasteiger partial charge in [0.1, 0.15) is 5.75 Å². The topological polar surface area (TPSA) is 64.7 Å². The van der Waals surface area contributed by atoms with Gasteiger partial charge in [0.05, 0.1) is 17.2 Å². The minimum atomic E-state index is -0.434. The molecule has 0 aliphatic heterocycles. The van der Waals surface area contributed by atoms with Gasteiger partial charge in [-0.1, -0.05) is 30.3 Å². The van der Waals surface area contributed by atoms with Gasteiger partial charge in [0.2, 0.25) is 0 Å². The standard InChI is InChI=1S/C19H15BrN2O3/c1-2-25-19-10-7-13-5-3-4-6-15(13)16(19)12-21-18-9-8-14(22(23)24)11-17(18)20/h3-12H,2H2,1H3/b21-12+. The molecule has 0 spiro atoms. The van der Waals surface area contributed by atoms with Crippen LogP contribution >= 0.6 is 15.9 Å². The Kier molecular flexibility index (Phi) is 5.09. The van der Waals surface area contributed by atoms with E-state index >= 15 is 0 Å². The van der Waals surface area contributed by atoms with Crippen molar-refractivity contribution in [3.8, 4) is 5.75 Å². The smallest absolute Gasteiger partial charge is 0.270 e. The normalized spacial score (nSPS) is 11.1. The van der Waals surface area contributed by atoms with Crippen LogP contribution < -0.4 is 4.74 Å². The van der Waals surface area contributed by atoms with Crippen LogP contribution in [0.4, 0.5) is 11.4 Å². The van der Waals surface area contributed by atoms with Crippen LogP contribution in [0.1, 0.15) is 12.5 Å². The van der Waals surface area contributed by atoms with E-state index in [2.05, 4.69) is 20.9 Å². The number of non-ortho nitro benzene ring substituents is 1. The molecule has 0 N–H and O–H groups in total. The Hall–Kier alpha value is -2.73. The fraction of sp³-hybridized carbons (Fsp3) is 0.105. The Morgan fingerprint density at radius 1 is 1.20 bits per heavy atom. The quantitative estimate of drug-likeness (QED) is 0.316. The molecule has 126 valence electrons. The van der Waals surface area contributed by atoms with Crippen LogP contribution in [0, 0.1) is 10.1 Å². The third-order valence-corrected chi connectivity index (χ3v) is 4.34. The molecule has 3 aromatic rings. The zero-order chi connectivity index (χ0) is 17.8. The highest BCUT2D eigenvalue weighted by molar-refractivity contribution is 9.10. The van der Waals surface area contributed by atoms with Crippen LogP contribution in [0.25, 0.3) is 10.8 Å². The summed E-state index contributed by atoms with van der Waals surface area (Å²) in [6.07, 6.45) is 1.74. The predicted molar refractivity (Wildman–Crippen MR) is 103 cm³/mol. The van der Waals surface area contributed by atoms with E-state index in [-0.39, 0.29) is 5.69 Å². The van der Waals surface area contributed by atoms with E-state index in [4.69, 9.17) is 4.74 Å². The number of ether oxygens (including phenoxy) is 1. The van der Waals surface area contributed by atoms with E-state index in [1.807, 2.05) is 43.3 Å². The third-order valence-electron chi connectivity index (χ3n) is 3.71. The summed E-state index contributed by atoms with van der Waals surface area (Å²) < 4.78 is 6.29. The first-order valence-electron chi connectivity index (χ1n) is 7.72. The van der Waals surface area contributed by atoms with Crippen LogP contribution in [0.2, 0.25) is 0 Å². The number of hydrogen-bond donors (Lipinski definition) is 0. The summed E-state index contributed by atoms with van der Waals surface area (Å²) in [5.41, 5.74) is 1.51. The van der Waals surface area contributed by atoms with Crippen LogP contribution in [-0.2, 0) is 0 Å². The Balaban J connectivity index is 2.06. The zero-order valence-corrected chi connectivity index (χ0v) is 15.1. The van der Waals surface area contributed by atoms with Gasteiger partial charge >= 0.3 is 0 Å². The lowest BCUT2D eigenvalue weighted by Crippen LogP contribution is -1.97. The average molecular weight is 399 g/mol. The Morgan fingerprint density at radius 3 is 2.72 bits per heavy atom. The van der Waals surface area contributed by atoms with Crippen LogP contribution in [-0.4, -0.2) is 17.7 Å². The maximum absolute atomic E-state index is 10.8. The fourth-order valence-electron chi connectivity index (χ4n) is 2.54. The monoisotopic (exact) mass is 398 g/mol. The summed E-state index contributed by atoms with van der Waals surface area (Å²) in [6, 6.07) is 16.4. The van der Waals surface area contributed by atoms with Crippen molar-refractivity contribution in [2.75, 3.05) is 6.61 Å². The van der Waals surface area contributed by atoms with Gasteiger partial charge in [0, 0.05) is 28.4 Å². The molecule has 5 nitrogen and oxygen atoms in total. The third kappa shape index (κ3) is 3.69. The second-order valence-corrected chi connectivity index (χ2v) is 6.14. The Labute approximate surface area is 153 Å². The maximum atomic E-state index is 10.8. The van der Waals surface area contributed by atoms with E-state index in [0.29, 0.717) is 16.8 Å². The van der Waals surface area contributed by atoms with Gasteiger partial charge in [-0.3, -0.25) is 15.1 Å². The number of halogens is 1. The average Bonchev–Trinajstić information content (AvgIpc) is 2.61. The molecule has 0 saturated carbocycles. The minimum absolute atomic E-state index is 0.0194. The number of hydrogen-bond acceptors (Lipinski definition) is 4.